The maximum atomic E-state index is 11.5. The molecule has 5 heteroatoms. The summed E-state index contributed by atoms with van der Waals surface area (Å²) < 4.78 is 10.0. The summed E-state index contributed by atoms with van der Waals surface area (Å²) >= 11 is 0. The summed E-state index contributed by atoms with van der Waals surface area (Å²) in [5.41, 5.74) is 1.72. The van der Waals surface area contributed by atoms with E-state index in [2.05, 4.69) is 21.2 Å². The van der Waals surface area contributed by atoms with Crippen molar-refractivity contribution in [3.05, 3.63) is 50.8 Å². The van der Waals surface area contributed by atoms with Crippen LogP contribution in [0.25, 0.3) is 12.7 Å². The van der Waals surface area contributed by atoms with Gasteiger partial charge in [-0.05, 0) is 23.8 Å². The van der Waals surface area contributed by atoms with Gasteiger partial charge in [-0.2, -0.15) is 0 Å². The number of aromatic nitrogens is 1. The molecule has 2 heterocycles. The third-order valence-electron chi connectivity index (χ3n) is 3.39. The Hall–Kier alpha value is -2.27. The molecule has 20 heavy (non-hydrogen) atoms. The summed E-state index contributed by atoms with van der Waals surface area (Å²) in [6, 6.07) is 8.07. The van der Waals surface area contributed by atoms with E-state index in [0.29, 0.717) is 10.6 Å². The smallest absolute Gasteiger partial charge is 0.365 e. The lowest BCUT2D eigenvalue weighted by Gasteiger charge is -2.28. The van der Waals surface area contributed by atoms with Crippen LogP contribution in [-0.2, 0) is 4.74 Å². The topological polar surface area (TPSA) is 58.5 Å². The van der Waals surface area contributed by atoms with Crippen molar-refractivity contribution < 1.29 is 9.26 Å². The summed E-state index contributed by atoms with van der Waals surface area (Å²) in [5.74, 6) is 0. The number of hydrogen-bond donors (Lipinski definition) is 1. The van der Waals surface area contributed by atoms with Gasteiger partial charge in [-0.15, -0.1) is 0 Å². The fourth-order valence-corrected chi connectivity index (χ4v) is 2.26. The van der Waals surface area contributed by atoms with Crippen LogP contribution >= 0.6 is 0 Å². The van der Waals surface area contributed by atoms with Crippen LogP contribution in [0.2, 0.25) is 0 Å². The Morgan fingerprint density at radius 3 is 2.50 bits per heavy atom. The number of anilines is 1. The lowest BCUT2D eigenvalue weighted by molar-refractivity contribution is 0.122. The van der Waals surface area contributed by atoms with Crippen LogP contribution in [0, 0.1) is 0 Å². The summed E-state index contributed by atoms with van der Waals surface area (Å²) in [6.07, 6.45) is 1.77. The van der Waals surface area contributed by atoms with Gasteiger partial charge < -0.3 is 14.2 Å². The molecule has 0 saturated carbocycles. The summed E-state index contributed by atoms with van der Waals surface area (Å²) in [7, 11) is 0. The van der Waals surface area contributed by atoms with Crippen LogP contribution < -0.4 is 21.1 Å². The molecule has 0 atom stereocenters. The van der Waals surface area contributed by atoms with Gasteiger partial charge in [0.25, 0.3) is 0 Å². The number of H-pyrrole nitrogens is 1. The van der Waals surface area contributed by atoms with Gasteiger partial charge >= 0.3 is 5.63 Å². The molecule has 1 fully saturated rings. The second-order valence-corrected chi connectivity index (χ2v) is 4.72. The molecule has 1 N–H and O–H groups in total. The summed E-state index contributed by atoms with van der Waals surface area (Å²) in [5, 5.41) is 3.42. The molecular formula is C15H16N2O3. The highest BCUT2D eigenvalue weighted by Gasteiger charge is 2.10. The molecule has 0 amide bonds. The zero-order valence-electron chi connectivity index (χ0n) is 11.1. The van der Waals surface area contributed by atoms with Gasteiger partial charge in [0.2, 0.25) is 0 Å². The highest BCUT2D eigenvalue weighted by Crippen LogP contribution is 2.16. The van der Waals surface area contributed by atoms with E-state index in [-0.39, 0.29) is 0 Å². The molecule has 1 saturated heterocycles. The van der Waals surface area contributed by atoms with Gasteiger partial charge in [0.15, 0.2) is 0 Å². The molecule has 5 nitrogen and oxygen atoms in total. The third-order valence-corrected chi connectivity index (χ3v) is 3.39. The molecule has 2 aromatic rings. The molecule has 0 aliphatic carbocycles. The second-order valence-electron chi connectivity index (χ2n) is 4.72. The third kappa shape index (κ3) is 2.53. The van der Waals surface area contributed by atoms with Crippen LogP contribution in [-0.4, -0.2) is 31.5 Å². The number of benzene rings is 1. The van der Waals surface area contributed by atoms with Crippen LogP contribution in [0.15, 0.2) is 33.6 Å². The molecule has 0 bridgehead atoms. The van der Waals surface area contributed by atoms with Gasteiger partial charge in [0.1, 0.15) is 0 Å². The maximum absolute atomic E-state index is 11.5. The molecule has 1 aromatic carbocycles. The summed E-state index contributed by atoms with van der Waals surface area (Å²) in [6.45, 7) is 7.08. The Morgan fingerprint density at radius 1 is 1.20 bits per heavy atom. The molecule has 1 aliphatic heterocycles. The maximum Gasteiger partial charge on any atom is 0.365 e. The second kappa shape index (κ2) is 5.38. The highest BCUT2D eigenvalue weighted by molar-refractivity contribution is 5.56. The van der Waals surface area contributed by atoms with Crippen molar-refractivity contribution in [1.29, 1.82) is 0 Å². The van der Waals surface area contributed by atoms with Crippen molar-refractivity contribution in [2.24, 2.45) is 0 Å². The van der Waals surface area contributed by atoms with E-state index in [1.54, 1.807) is 6.08 Å². The van der Waals surface area contributed by atoms with Crippen LogP contribution in [0.5, 0.6) is 0 Å². The first kappa shape index (κ1) is 12.7. The van der Waals surface area contributed by atoms with Crippen LogP contribution in [0.4, 0.5) is 5.69 Å². The molecule has 0 spiro atoms. The SMILES string of the molecule is C=c1[nH]oc(=O)c1=Cc1ccc(N2CCOCC2)cc1. The van der Waals surface area contributed by atoms with Crippen LogP contribution in [0.3, 0.4) is 0 Å². The van der Waals surface area contributed by atoms with Gasteiger partial charge in [0.05, 0.1) is 23.8 Å². The molecule has 104 valence electrons. The van der Waals surface area contributed by atoms with Gasteiger partial charge in [-0.3, -0.25) is 0 Å². The van der Waals surface area contributed by atoms with Gasteiger partial charge in [-0.1, -0.05) is 18.7 Å². The molecule has 0 unspecified atom stereocenters. The average molecular weight is 272 g/mol. The lowest BCUT2D eigenvalue weighted by atomic mass is 10.1. The largest absolute Gasteiger partial charge is 0.378 e. The zero-order valence-corrected chi connectivity index (χ0v) is 11.1. The highest BCUT2D eigenvalue weighted by atomic mass is 16.5. The number of aromatic amines is 1. The van der Waals surface area contributed by atoms with Crippen molar-refractivity contribution in [3.8, 4) is 0 Å². The first-order valence-corrected chi connectivity index (χ1v) is 6.55. The lowest BCUT2D eigenvalue weighted by Crippen LogP contribution is -2.36. The molecular weight excluding hydrogens is 256 g/mol. The fraction of sp³-hybridized carbons (Fsp3) is 0.267. The minimum Gasteiger partial charge on any atom is -0.378 e. The minimum atomic E-state index is -0.396. The number of nitrogens with zero attached hydrogens (tertiary/aromatic N) is 1. The van der Waals surface area contributed by atoms with E-state index in [1.807, 2.05) is 24.3 Å². The van der Waals surface area contributed by atoms with Crippen molar-refractivity contribution in [2.75, 3.05) is 31.2 Å². The summed E-state index contributed by atoms with van der Waals surface area (Å²) in [4.78, 5) is 13.7. The number of rotatable bonds is 2. The molecule has 0 radical (unpaired) electrons. The van der Waals surface area contributed by atoms with E-state index in [1.165, 1.54) is 5.69 Å². The van der Waals surface area contributed by atoms with Crippen LogP contribution in [0.1, 0.15) is 5.56 Å². The van der Waals surface area contributed by atoms with Gasteiger partial charge in [0, 0.05) is 18.8 Å². The first-order valence-electron chi connectivity index (χ1n) is 6.55. The van der Waals surface area contributed by atoms with E-state index < -0.39 is 5.63 Å². The van der Waals surface area contributed by atoms with E-state index in [4.69, 9.17) is 4.74 Å². The first-order chi connectivity index (χ1) is 9.74. The van der Waals surface area contributed by atoms with E-state index in [9.17, 15) is 4.79 Å². The Kier molecular flexibility index (Phi) is 3.43. The minimum absolute atomic E-state index is 0.396. The Balaban J connectivity index is 1.88. The monoisotopic (exact) mass is 272 g/mol. The Morgan fingerprint density at radius 2 is 1.90 bits per heavy atom. The number of morpholine rings is 1. The van der Waals surface area contributed by atoms with E-state index >= 15 is 0 Å². The quantitative estimate of drug-likeness (QED) is 0.839. The van der Waals surface area contributed by atoms with Crippen molar-refractivity contribution in [3.63, 3.8) is 0 Å². The predicted octanol–water partition coefficient (Wildman–Crippen LogP) is 0.0436. The van der Waals surface area contributed by atoms with Gasteiger partial charge in [-0.25, -0.2) is 9.95 Å². The predicted molar refractivity (Wildman–Crippen MR) is 77.1 cm³/mol. The normalized spacial score (nSPS) is 16.6. The molecule has 3 rings (SSSR count). The fourth-order valence-electron chi connectivity index (χ4n) is 2.26. The average Bonchev–Trinajstić information content (AvgIpc) is 2.81. The number of hydrogen-bond acceptors (Lipinski definition) is 4. The standard InChI is InChI=1S/C15H16N2O3/c1-11-14(15(18)20-16-11)10-12-2-4-13(5-3-12)17-6-8-19-9-7-17/h2-5,10,16H,1,6-9H2. The van der Waals surface area contributed by atoms with Crippen molar-refractivity contribution in [2.45, 2.75) is 0 Å². The van der Waals surface area contributed by atoms with E-state index in [0.717, 1.165) is 31.9 Å². The zero-order chi connectivity index (χ0) is 13.9. The Bertz CT molecular complexity index is 706. The van der Waals surface area contributed by atoms with Crippen molar-refractivity contribution >= 4 is 18.3 Å². The molecule has 1 aromatic heterocycles. The number of ether oxygens (including phenoxy) is 1. The Labute approximate surface area is 115 Å². The number of nitrogens with one attached hydrogen (secondary N) is 1. The molecule has 1 aliphatic rings. The van der Waals surface area contributed by atoms with Crippen molar-refractivity contribution in [1.82, 2.24) is 5.16 Å².